The molecule has 2 aromatic carbocycles. The Morgan fingerprint density at radius 1 is 1.12 bits per heavy atom. The molecule has 14 heteroatoms. The van der Waals surface area contributed by atoms with E-state index in [-0.39, 0.29) is 28.9 Å². The Morgan fingerprint density at radius 2 is 1.95 bits per heavy atom. The van der Waals surface area contributed by atoms with Gasteiger partial charge in [0.05, 0.1) is 30.9 Å². The molecule has 3 N–H and O–H groups in total. The largest absolute Gasteiger partial charge is 0.433 e. The quantitative estimate of drug-likeness (QED) is 0.211. The predicted octanol–water partition coefficient (Wildman–Crippen LogP) is 6.12. The molecule has 1 aliphatic rings. The third-order valence-electron chi connectivity index (χ3n) is 6.66. The fourth-order valence-corrected chi connectivity index (χ4v) is 4.71. The molecule has 42 heavy (non-hydrogen) atoms. The number of alkyl halides is 2. The van der Waals surface area contributed by atoms with E-state index in [1.807, 2.05) is 30.3 Å². The molecule has 0 saturated carbocycles. The van der Waals surface area contributed by atoms with Crippen molar-refractivity contribution in [1.29, 1.82) is 0 Å². The first kappa shape index (κ1) is 27.0. The molecule has 0 radical (unpaired) electrons. The first-order chi connectivity index (χ1) is 20.4. The van der Waals surface area contributed by atoms with Gasteiger partial charge in [-0.3, -0.25) is 4.84 Å². The number of aromatic amines is 1. The average Bonchev–Trinajstić information content (AvgIpc) is 3.67. The molecule has 1 fully saturated rings. The number of amides is 2. The summed E-state index contributed by atoms with van der Waals surface area (Å²) in [5.41, 5.74) is 3.07. The number of H-pyrrole nitrogens is 1. The number of rotatable bonds is 7. The average molecular weight is 577 g/mol. The minimum Gasteiger partial charge on any atom is -0.433 e. The van der Waals surface area contributed by atoms with Gasteiger partial charge < -0.3 is 20.4 Å². The second-order valence-corrected chi connectivity index (χ2v) is 9.35. The molecule has 214 valence electrons. The predicted molar refractivity (Wildman–Crippen MR) is 147 cm³/mol. The van der Waals surface area contributed by atoms with Gasteiger partial charge in [-0.1, -0.05) is 30.3 Å². The van der Waals surface area contributed by atoms with Gasteiger partial charge in [0.1, 0.15) is 34.9 Å². The molecule has 3 aromatic heterocycles. The van der Waals surface area contributed by atoms with Crippen LogP contribution in [0.4, 0.5) is 35.2 Å². The highest BCUT2D eigenvalue weighted by molar-refractivity contribution is 5.93. The van der Waals surface area contributed by atoms with E-state index >= 15 is 4.39 Å². The summed E-state index contributed by atoms with van der Waals surface area (Å²) < 4.78 is 45.6. The number of aryl methyl sites for hydroxylation is 1. The Hall–Kier alpha value is -5.24. The first-order valence-corrected chi connectivity index (χ1v) is 12.8. The molecule has 4 heterocycles. The lowest BCUT2D eigenvalue weighted by atomic mass is 10.1. The van der Waals surface area contributed by atoms with Gasteiger partial charge in [0.15, 0.2) is 5.65 Å². The van der Waals surface area contributed by atoms with E-state index in [1.54, 1.807) is 6.92 Å². The number of carbonyl (C=O) groups is 1. The Labute approximate surface area is 236 Å². The summed E-state index contributed by atoms with van der Waals surface area (Å²) in [5, 5.41) is 6.90. The van der Waals surface area contributed by atoms with Crippen molar-refractivity contribution in [2.75, 3.05) is 17.2 Å². The van der Waals surface area contributed by atoms with Gasteiger partial charge in [-0.15, -0.1) is 0 Å². The van der Waals surface area contributed by atoms with Gasteiger partial charge in [-0.05, 0) is 36.2 Å². The van der Waals surface area contributed by atoms with E-state index < -0.39 is 18.5 Å². The summed E-state index contributed by atoms with van der Waals surface area (Å²) in [6.45, 7) is -1.07. The maximum Gasteiger partial charge on any atom is 0.387 e. The number of imidazole rings is 1. The number of carbonyl (C=O) groups excluding carboxylic acids is 1. The summed E-state index contributed by atoms with van der Waals surface area (Å²) in [7, 11) is 0. The molecule has 1 saturated heterocycles. The number of anilines is 3. The van der Waals surface area contributed by atoms with Crippen molar-refractivity contribution < 1.29 is 27.5 Å². The van der Waals surface area contributed by atoms with E-state index in [1.165, 1.54) is 35.9 Å². The van der Waals surface area contributed by atoms with E-state index in [4.69, 9.17) is 4.84 Å². The van der Waals surface area contributed by atoms with Crippen LogP contribution in [0.2, 0.25) is 0 Å². The smallest absolute Gasteiger partial charge is 0.387 e. The number of benzene rings is 2. The van der Waals surface area contributed by atoms with Gasteiger partial charge in [0, 0.05) is 17.7 Å². The monoisotopic (exact) mass is 576 g/mol. The Balaban J connectivity index is 1.32. The number of pyridine rings is 1. The summed E-state index contributed by atoms with van der Waals surface area (Å²) >= 11 is 0. The molecule has 0 unspecified atom stereocenters. The lowest BCUT2D eigenvalue weighted by Crippen LogP contribution is -2.33. The van der Waals surface area contributed by atoms with Crippen molar-refractivity contribution in [2.24, 2.45) is 0 Å². The molecule has 1 atom stereocenters. The van der Waals surface area contributed by atoms with Crippen LogP contribution in [-0.2, 0) is 4.84 Å². The van der Waals surface area contributed by atoms with Crippen molar-refractivity contribution in [3.8, 4) is 17.0 Å². The second-order valence-electron chi connectivity index (χ2n) is 9.35. The van der Waals surface area contributed by atoms with Gasteiger partial charge >= 0.3 is 12.6 Å². The number of nitrogens with one attached hydrogen (secondary N) is 3. The number of fused-ring (bicyclic) bond motifs is 1. The van der Waals surface area contributed by atoms with E-state index in [2.05, 4.69) is 40.3 Å². The third kappa shape index (κ3) is 5.39. The van der Waals surface area contributed by atoms with Crippen LogP contribution in [0.3, 0.4) is 0 Å². The highest BCUT2D eigenvalue weighted by Crippen LogP contribution is 2.36. The zero-order valence-corrected chi connectivity index (χ0v) is 22.0. The molecular formula is C28H23F3N8O3. The van der Waals surface area contributed by atoms with Crippen molar-refractivity contribution >= 4 is 34.4 Å². The maximum atomic E-state index is 15.1. The number of halogens is 3. The molecule has 1 aliphatic heterocycles. The molecule has 0 aliphatic carbocycles. The number of ether oxygens (including phenoxy) is 1. The highest BCUT2D eigenvalue weighted by atomic mass is 19.3. The van der Waals surface area contributed by atoms with Crippen LogP contribution >= 0.6 is 0 Å². The second kappa shape index (κ2) is 11.3. The van der Waals surface area contributed by atoms with Crippen molar-refractivity contribution in [1.82, 2.24) is 30.0 Å². The SMILES string of the molecule is Cc1cc(F)c(NC(=O)N2OCC[C@@H]2c2ccccc2)cc1Nc1ncc(OC(F)F)cc1-c1ncnc2nc[nH]c12. The van der Waals surface area contributed by atoms with E-state index in [9.17, 15) is 13.6 Å². The Kier molecular flexibility index (Phi) is 7.27. The van der Waals surface area contributed by atoms with Crippen LogP contribution in [0.25, 0.3) is 22.4 Å². The number of hydroxylamine groups is 2. The number of aromatic nitrogens is 5. The van der Waals surface area contributed by atoms with Crippen LogP contribution in [0.5, 0.6) is 5.75 Å². The molecule has 0 bridgehead atoms. The number of urea groups is 1. The van der Waals surface area contributed by atoms with Crippen LogP contribution in [0.15, 0.2) is 67.4 Å². The lowest BCUT2D eigenvalue weighted by Gasteiger charge is -2.23. The van der Waals surface area contributed by atoms with Crippen molar-refractivity contribution in [3.63, 3.8) is 0 Å². The third-order valence-corrected chi connectivity index (χ3v) is 6.66. The molecule has 6 rings (SSSR count). The van der Waals surface area contributed by atoms with Crippen LogP contribution in [0.1, 0.15) is 23.6 Å². The van der Waals surface area contributed by atoms with Crippen LogP contribution in [-0.4, -0.2) is 49.2 Å². The zero-order valence-electron chi connectivity index (χ0n) is 22.0. The van der Waals surface area contributed by atoms with Gasteiger partial charge in [0.25, 0.3) is 0 Å². The fourth-order valence-electron chi connectivity index (χ4n) is 4.71. The molecule has 5 aromatic rings. The molecule has 2 amide bonds. The van der Waals surface area contributed by atoms with E-state index in [0.717, 1.165) is 11.8 Å². The first-order valence-electron chi connectivity index (χ1n) is 12.8. The van der Waals surface area contributed by atoms with Gasteiger partial charge in [-0.2, -0.15) is 13.8 Å². The topological polar surface area (TPSA) is 130 Å². The van der Waals surface area contributed by atoms with Crippen LogP contribution < -0.4 is 15.4 Å². The Morgan fingerprint density at radius 3 is 2.76 bits per heavy atom. The molecule has 11 nitrogen and oxygen atoms in total. The standard InChI is InChI=1S/C28H23F3N8O3/c1-15-9-19(29)21(38-28(40)39-22(7-8-41-39)16-5-3-2-4-6-16)11-20(15)37-25-18(10-17(12-32-25)42-27(30)31)23-24-26(35-13-33-23)36-14-34-24/h2-6,9-14,22,27H,7-8H2,1H3,(H,32,37)(H,38,40)(H,33,34,35,36)/t22-/m1/s1. The van der Waals surface area contributed by atoms with Crippen LogP contribution in [0, 0.1) is 12.7 Å². The highest BCUT2D eigenvalue weighted by Gasteiger charge is 2.32. The molecule has 0 spiro atoms. The number of hydrogen-bond acceptors (Lipinski definition) is 8. The zero-order chi connectivity index (χ0) is 29.2. The number of nitrogens with zero attached hydrogens (tertiary/aromatic N) is 5. The Bertz CT molecular complexity index is 1750. The summed E-state index contributed by atoms with van der Waals surface area (Å²) in [6, 6.07) is 12.5. The van der Waals surface area contributed by atoms with Gasteiger partial charge in [0.2, 0.25) is 0 Å². The maximum absolute atomic E-state index is 15.1. The summed E-state index contributed by atoms with van der Waals surface area (Å²) in [6.07, 6.45) is 4.42. The number of hydrogen-bond donors (Lipinski definition) is 3. The summed E-state index contributed by atoms with van der Waals surface area (Å²) in [5.74, 6) is -0.657. The van der Waals surface area contributed by atoms with Crippen molar-refractivity contribution in [2.45, 2.75) is 26.0 Å². The fraction of sp³-hybridized carbons (Fsp3) is 0.179. The van der Waals surface area contributed by atoms with Gasteiger partial charge in [-0.25, -0.2) is 29.1 Å². The van der Waals surface area contributed by atoms with E-state index in [0.29, 0.717) is 41.1 Å². The molecular weight excluding hydrogens is 553 g/mol. The minimum absolute atomic E-state index is 0.104. The normalized spacial score (nSPS) is 14.9. The summed E-state index contributed by atoms with van der Waals surface area (Å²) in [4.78, 5) is 38.4. The minimum atomic E-state index is -3.07. The lowest BCUT2D eigenvalue weighted by molar-refractivity contribution is -0.0830. The van der Waals surface area contributed by atoms with Crippen molar-refractivity contribution in [3.05, 3.63) is 84.3 Å².